The van der Waals surface area contributed by atoms with Gasteiger partial charge >= 0.3 is 0 Å². The molecule has 2 aliphatic rings. The predicted molar refractivity (Wildman–Crippen MR) is 172 cm³/mol. The minimum absolute atomic E-state index is 0.0113. The summed E-state index contributed by atoms with van der Waals surface area (Å²) in [5.74, 6) is 0.539. The topological polar surface area (TPSA) is 79.5 Å². The van der Waals surface area contributed by atoms with E-state index in [-0.39, 0.29) is 5.91 Å². The van der Waals surface area contributed by atoms with Crippen LogP contribution in [0.2, 0.25) is 0 Å². The Balaban J connectivity index is 1.07. The molecular weight excluding hydrogens is 604 g/mol. The predicted octanol–water partition coefficient (Wildman–Crippen LogP) is 6.06. The van der Waals surface area contributed by atoms with Gasteiger partial charge in [0.1, 0.15) is 0 Å². The lowest BCUT2D eigenvalue weighted by molar-refractivity contribution is -0.605. The largest absolute Gasteiger partial charge is 0.619 e. The molecule has 222 valence electrons. The van der Waals surface area contributed by atoms with E-state index in [0.29, 0.717) is 34.9 Å². The van der Waals surface area contributed by atoms with Crippen molar-refractivity contribution in [3.8, 4) is 11.4 Å². The molecule has 0 bridgehead atoms. The standard InChI is InChI=1S/C34H37BrN6O2/c1-24-32(25(2)37-33(36-24)26-12-22-40(43)23-13-26)34(42)39-20-14-28(15-21-39)38-18-16-31(17-19-38)41(29-6-4-3-5-7-29)30-10-8-27(35)9-11-30/h3-13,22-23,28,31H,14-21H2,1-2H3. The number of piperidine rings is 2. The zero-order chi connectivity index (χ0) is 29.9. The summed E-state index contributed by atoms with van der Waals surface area (Å²) in [6.45, 7) is 7.33. The lowest BCUT2D eigenvalue weighted by Crippen LogP contribution is -2.51. The van der Waals surface area contributed by atoms with Crippen molar-refractivity contribution in [1.82, 2.24) is 19.8 Å². The summed E-state index contributed by atoms with van der Waals surface area (Å²) in [6, 6.07) is 23.6. The van der Waals surface area contributed by atoms with Gasteiger partial charge in [-0.1, -0.05) is 34.1 Å². The molecule has 0 atom stereocenters. The molecule has 0 spiro atoms. The van der Waals surface area contributed by atoms with Crippen LogP contribution in [0.25, 0.3) is 11.4 Å². The molecule has 1 amide bonds. The van der Waals surface area contributed by atoms with Crippen LogP contribution in [0, 0.1) is 19.1 Å². The number of rotatable bonds is 6. The zero-order valence-electron chi connectivity index (χ0n) is 24.7. The Morgan fingerprint density at radius 1 is 0.837 bits per heavy atom. The number of nitrogens with zero attached hydrogens (tertiary/aromatic N) is 6. The molecule has 0 N–H and O–H groups in total. The van der Waals surface area contributed by atoms with Gasteiger partial charge in [0.2, 0.25) is 0 Å². The summed E-state index contributed by atoms with van der Waals surface area (Å²) in [7, 11) is 0. The monoisotopic (exact) mass is 640 g/mol. The smallest absolute Gasteiger partial charge is 0.257 e. The third-order valence-corrected chi connectivity index (χ3v) is 9.35. The number of pyridine rings is 1. The number of halogens is 1. The number of benzene rings is 2. The molecule has 2 aliphatic heterocycles. The van der Waals surface area contributed by atoms with E-state index < -0.39 is 0 Å². The van der Waals surface area contributed by atoms with Crippen LogP contribution in [-0.2, 0) is 0 Å². The maximum absolute atomic E-state index is 13.6. The fourth-order valence-electron chi connectivity index (χ4n) is 6.58. The number of carbonyl (C=O) groups is 1. The molecule has 43 heavy (non-hydrogen) atoms. The van der Waals surface area contributed by atoms with Gasteiger partial charge in [-0.3, -0.25) is 4.79 Å². The van der Waals surface area contributed by atoms with Crippen molar-refractivity contribution in [1.29, 1.82) is 0 Å². The lowest BCUT2D eigenvalue weighted by atomic mass is 9.95. The van der Waals surface area contributed by atoms with Gasteiger partial charge in [0.15, 0.2) is 18.2 Å². The number of para-hydroxylation sites is 1. The van der Waals surface area contributed by atoms with Gasteiger partial charge in [-0.15, -0.1) is 0 Å². The first kappa shape index (κ1) is 29.3. The van der Waals surface area contributed by atoms with Crippen LogP contribution >= 0.6 is 15.9 Å². The van der Waals surface area contributed by atoms with E-state index in [4.69, 9.17) is 0 Å². The molecule has 2 aromatic heterocycles. The second kappa shape index (κ2) is 12.8. The third-order valence-electron chi connectivity index (χ3n) is 8.82. The van der Waals surface area contributed by atoms with Crippen molar-refractivity contribution >= 4 is 33.2 Å². The van der Waals surface area contributed by atoms with E-state index >= 15 is 0 Å². The number of aryl methyl sites for hydroxylation is 2. The number of amides is 1. The summed E-state index contributed by atoms with van der Waals surface area (Å²) >= 11 is 3.58. The van der Waals surface area contributed by atoms with Crippen LogP contribution in [0.3, 0.4) is 0 Å². The van der Waals surface area contributed by atoms with E-state index in [1.807, 2.05) is 18.7 Å². The second-order valence-electron chi connectivity index (χ2n) is 11.5. The fourth-order valence-corrected chi connectivity index (χ4v) is 6.84. The van der Waals surface area contributed by atoms with Gasteiger partial charge in [-0.2, -0.15) is 4.73 Å². The maximum Gasteiger partial charge on any atom is 0.257 e. The van der Waals surface area contributed by atoms with Gasteiger partial charge in [-0.05, 0) is 75.9 Å². The highest BCUT2D eigenvalue weighted by atomic mass is 79.9. The molecule has 9 heteroatoms. The Kier molecular flexibility index (Phi) is 8.72. The first-order valence-corrected chi connectivity index (χ1v) is 15.8. The SMILES string of the molecule is Cc1nc(-c2cc[n+]([O-])cc2)nc(C)c1C(=O)N1CCC(N2CCC(N(c3ccccc3)c3ccc(Br)cc3)CC2)CC1. The fraction of sp³-hybridized carbons (Fsp3) is 0.353. The molecule has 2 fully saturated rings. The summed E-state index contributed by atoms with van der Waals surface area (Å²) in [5.41, 5.74) is 5.14. The van der Waals surface area contributed by atoms with Crippen LogP contribution in [0.1, 0.15) is 47.4 Å². The summed E-state index contributed by atoms with van der Waals surface area (Å²) in [4.78, 5) is 30.0. The highest BCUT2D eigenvalue weighted by Crippen LogP contribution is 2.34. The molecular formula is C34H37BrN6O2. The van der Waals surface area contributed by atoms with Gasteiger partial charge < -0.3 is 19.9 Å². The number of likely N-dealkylation sites (tertiary alicyclic amines) is 2. The molecule has 8 nitrogen and oxygen atoms in total. The molecule has 2 saturated heterocycles. The van der Waals surface area contributed by atoms with Crippen LogP contribution in [-0.4, -0.2) is 63.9 Å². The molecule has 6 rings (SSSR count). The quantitative estimate of drug-likeness (QED) is 0.188. The van der Waals surface area contributed by atoms with Gasteiger partial charge in [0.25, 0.3) is 5.91 Å². The average molecular weight is 642 g/mol. The minimum Gasteiger partial charge on any atom is -0.619 e. The Bertz CT molecular complexity index is 1530. The maximum atomic E-state index is 13.6. The Morgan fingerprint density at radius 3 is 2.02 bits per heavy atom. The van der Waals surface area contributed by atoms with Crippen LogP contribution in [0.4, 0.5) is 11.4 Å². The Labute approximate surface area is 261 Å². The van der Waals surface area contributed by atoms with Crippen molar-refractivity contribution in [2.75, 3.05) is 31.1 Å². The molecule has 0 unspecified atom stereocenters. The third kappa shape index (κ3) is 6.43. The first-order chi connectivity index (χ1) is 20.9. The minimum atomic E-state index is 0.0113. The van der Waals surface area contributed by atoms with Crippen molar-refractivity contribution in [2.45, 2.75) is 51.6 Å². The Morgan fingerprint density at radius 2 is 1.42 bits per heavy atom. The molecule has 4 aromatic rings. The number of carbonyl (C=O) groups excluding carboxylic acids is 1. The van der Waals surface area contributed by atoms with Crippen molar-refractivity contribution in [3.63, 3.8) is 0 Å². The van der Waals surface area contributed by atoms with Crippen LogP contribution in [0.15, 0.2) is 83.6 Å². The second-order valence-corrected chi connectivity index (χ2v) is 12.4. The van der Waals surface area contributed by atoms with E-state index in [0.717, 1.165) is 66.6 Å². The van der Waals surface area contributed by atoms with Crippen molar-refractivity contribution in [3.05, 3.63) is 106 Å². The highest BCUT2D eigenvalue weighted by molar-refractivity contribution is 9.10. The first-order valence-electron chi connectivity index (χ1n) is 15.0. The van der Waals surface area contributed by atoms with Crippen molar-refractivity contribution in [2.24, 2.45) is 0 Å². The Hall–Kier alpha value is -3.82. The molecule has 0 saturated carbocycles. The van der Waals surface area contributed by atoms with E-state index in [1.165, 1.54) is 23.8 Å². The number of aromatic nitrogens is 3. The van der Waals surface area contributed by atoms with Gasteiger partial charge in [0.05, 0.1) is 17.0 Å². The van der Waals surface area contributed by atoms with E-state index in [1.54, 1.807) is 12.1 Å². The van der Waals surface area contributed by atoms with E-state index in [2.05, 4.69) is 90.3 Å². The van der Waals surface area contributed by atoms with Gasteiger partial charge in [0, 0.05) is 71.8 Å². The number of anilines is 2. The van der Waals surface area contributed by atoms with E-state index in [9.17, 15) is 10.0 Å². The summed E-state index contributed by atoms with van der Waals surface area (Å²) in [5, 5.41) is 11.4. The van der Waals surface area contributed by atoms with Crippen molar-refractivity contribution < 1.29 is 9.52 Å². The van der Waals surface area contributed by atoms with Crippen LogP contribution in [0.5, 0.6) is 0 Å². The molecule has 4 heterocycles. The zero-order valence-corrected chi connectivity index (χ0v) is 26.3. The average Bonchev–Trinajstić information content (AvgIpc) is 3.03. The normalized spacial score (nSPS) is 16.8. The highest BCUT2D eigenvalue weighted by Gasteiger charge is 2.33. The number of hydrogen-bond acceptors (Lipinski definition) is 6. The van der Waals surface area contributed by atoms with Gasteiger partial charge in [-0.25, -0.2) is 9.97 Å². The lowest BCUT2D eigenvalue weighted by Gasteiger charge is -2.44. The summed E-state index contributed by atoms with van der Waals surface area (Å²) in [6.07, 6.45) is 7.00. The molecule has 0 radical (unpaired) electrons. The molecule has 0 aliphatic carbocycles. The molecule has 2 aromatic carbocycles. The summed E-state index contributed by atoms with van der Waals surface area (Å²) < 4.78 is 1.82. The van der Waals surface area contributed by atoms with Crippen LogP contribution < -0.4 is 9.63 Å². The number of hydrogen-bond donors (Lipinski definition) is 0.